The lowest BCUT2D eigenvalue weighted by Gasteiger charge is -2.09. The first-order valence-electron chi connectivity index (χ1n) is 6.10. The van der Waals surface area contributed by atoms with Gasteiger partial charge in [-0.2, -0.15) is 0 Å². The second-order valence-electron chi connectivity index (χ2n) is 4.37. The molecule has 2 aromatic rings. The quantitative estimate of drug-likeness (QED) is 0.846. The molecule has 0 spiro atoms. The van der Waals surface area contributed by atoms with Crippen LogP contribution >= 0.6 is 11.3 Å². The Morgan fingerprint density at radius 3 is 2.85 bits per heavy atom. The van der Waals surface area contributed by atoms with E-state index >= 15 is 0 Å². The largest absolute Gasteiger partial charge is 0.392 e. The molecule has 0 amide bonds. The number of sulfonamides is 1. The topological polar surface area (TPSA) is 79.3 Å². The molecule has 5 nitrogen and oxygen atoms in total. The summed E-state index contributed by atoms with van der Waals surface area (Å²) in [4.78, 5) is 4.27. The van der Waals surface area contributed by atoms with Gasteiger partial charge in [-0.25, -0.2) is 18.1 Å². The number of aliphatic hydroxyl groups excluding tert-OH is 1. The summed E-state index contributed by atoms with van der Waals surface area (Å²) < 4.78 is 26.8. The van der Waals surface area contributed by atoms with Crippen molar-refractivity contribution in [3.05, 3.63) is 45.9 Å². The van der Waals surface area contributed by atoms with Gasteiger partial charge < -0.3 is 5.11 Å². The van der Waals surface area contributed by atoms with Crippen LogP contribution in [0.4, 0.5) is 0 Å². The Labute approximate surface area is 122 Å². The summed E-state index contributed by atoms with van der Waals surface area (Å²) in [5.41, 5.74) is 4.08. The fraction of sp³-hybridized carbons (Fsp3) is 0.308. The minimum absolute atomic E-state index is 0.172. The molecular weight excluding hydrogens is 296 g/mol. The molecule has 2 N–H and O–H groups in total. The van der Waals surface area contributed by atoms with Gasteiger partial charge in [0.15, 0.2) is 0 Å². The molecule has 2 rings (SSSR count). The molecule has 0 unspecified atom stereocenters. The van der Waals surface area contributed by atoms with E-state index in [1.165, 1.54) is 17.4 Å². The van der Waals surface area contributed by atoms with Gasteiger partial charge in [-0.1, -0.05) is 6.07 Å². The van der Waals surface area contributed by atoms with E-state index in [9.17, 15) is 13.5 Å². The molecule has 20 heavy (non-hydrogen) atoms. The van der Waals surface area contributed by atoms with Gasteiger partial charge in [-0.3, -0.25) is 0 Å². The number of rotatable bonds is 6. The van der Waals surface area contributed by atoms with Gasteiger partial charge in [-0.05, 0) is 30.2 Å². The van der Waals surface area contributed by atoms with Crippen LogP contribution < -0.4 is 4.72 Å². The maximum absolute atomic E-state index is 12.1. The van der Waals surface area contributed by atoms with Crippen molar-refractivity contribution in [2.75, 3.05) is 6.54 Å². The minimum atomic E-state index is -3.55. The second-order valence-corrected chi connectivity index (χ2v) is 6.86. The lowest BCUT2D eigenvalue weighted by molar-refractivity contribution is 0.280. The van der Waals surface area contributed by atoms with Crippen molar-refractivity contribution in [3.8, 4) is 0 Å². The number of aryl methyl sites for hydroxylation is 1. The molecule has 7 heteroatoms. The molecule has 0 saturated heterocycles. The third-order valence-electron chi connectivity index (χ3n) is 2.96. The van der Waals surface area contributed by atoms with Crippen molar-refractivity contribution in [3.63, 3.8) is 0 Å². The average Bonchev–Trinajstić information content (AvgIpc) is 2.92. The molecule has 1 heterocycles. The van der Waals surface area contributed by atoms with Gasteiger partial charge in [0.2, 0.25) is 10.0 Å². The van der Waals surface area contributed by atoms with Crippen LogP contribution in [0.25, 0.3) is 0 Å². The first-order chi connectivity index (χ1) is 9.53. The van der Waals surface area contributed by atoms with Crippen molar-refractivity contribution in [1.82, 2.24) is 9.71 Å². The molecule has 0 bridgehead atoms. The zero-order chi connectivity index (χ0) is 14.6. The average molecular weight is 312 g/mol. The molecule has 0 atom stereocenters. The number of nitrogens with one attached hydrogen (secondary N) is 1. The number of hydrogen-bond donors (Lipinski definition) is 2. The van der Waals surface area contributed by atoms with Gasteiger partial charge in [0.1, 0.15) is 0 Å². The molecule has 0 fully saturated rings. The monoisotopic (exact) mass is 312 g/mol. The van der Waals surface area contributed by atoms with E-state index in [1.54, 1.807) is 17.6 Å². The molecule has 0 aliphatic carbocycles. The highest BCUT2D eigenvalue weighted by Gasteiger charge is 2.14. The molecule has 0 saturated carbocycles. The Bertz CT molecular complexity index is 667. The van der Waals surface area contributed by atoms with E-state index in [1.807, 2.05) is 12.3 Å². The summed E-state index contributed by atoms with van der Waals surface area (Å²) in [6, 6.07) is 4.74. The summed E-state index contributed by atoms with van der Waals surface area (Å²) in [6.45, 7) is 1.96. The third-order valence-corrected chi connectivity index (χ3v) is 5.05. The fourth-order valence-electron chi connectivity index (χ4n) is 1.74. The molecule has 1 aromatic heterocycles. The predicted octanol–water partition coefficient (Wildman–Crippen LogP) is 1.46. The smallest absolute Gasteiger partial charge is 0.240 e. The Balaban J connectivity index is 2.06. The highest BCUT2D eigenvalue weighted by Crippen LogP contribution is 2.15. The minimum Gasteiger partial charge on any atom is -0.392 e. The standard InChI is InChI=1S/C13H16N2O3S2/c1-10-2-3-13(6-11(10)7-16)20(17,18)15-5-4-12-8-19-9-14-12/h2-3,6,8-9,15-16H,4-5,7H2,1H3. The number of benzene rings is 1. The lowest BCUT2D eigenvalue weighted by atomic mass is 10.1. The maximum atomic E-state index is 12.1. The van der Waals surface area contributed by atoms with Crippen molar-refractivity contribution in [2.45, 2.75) is 24.8 Å². The van der Waals surface area contributed by atoms with Crippen molar-refractivity contribution in [1.29, 1.82) is 0 Å². The van der Waals surface area contributed by atoms with E-state index in [4.69, 9.17) is 0 Å². The van der Waals surface area contributed by atoms with Crippen LogP contribution in [0.15, 0.2) is 34.0 Å². The van der Waals surface area contributed by atoms with E-state index in [-0.39, 0.29) is 11.5 Å². The number of aromatic nitrogens is 1. The molecular formula is C13H16N2O3S2. The number of nitrogens with zero attached hydrogens (tertiary/aromatic N) is 1. The summed E-state index contributed by atoms with van der Waals surface area (Å²) in [6.07, 6.45) is 0.557. The number of thiazole rings is 1. The number of hydrogen-bond acceptors (Lipinski definition) is 5. The summed E-state index contributed by atoms with van der Waals surface area (Å²) in [5, 5.41) is 11.1. The van der Waals surface area contributed by atoms with Crippen LogP contribution in [0, 0.1) is 6.92 Å². The molecule has 0 aliphatic rings. The molecule has 1 aromatic carbocycles. The molecule has 0 aliphatic heterocycles. The highest BCUT2D eigenvalue weighted by molar-refractivity contribution is 7.89. The molecule has 108 valence electrons. The Morgan fingerprint density at radius 2 is 2.20 bits per heavy atom. The first kappa shape index (κ1) is 15.1. The highest BCUT2D eigenvalue weighted by atomic mass is 32.2. The molecule has 0 radical (unpaired) electrons. The Morgan fingerprint density at radius 1 is 1.40 bits per heavy atom. The van der Waals surface area contributed by atoms with Crippen LogP contribution in [0.2, 0.25) is 0 Å². The first-order valence-corrected chi connectivity index (χ1v) is 8.52. The van der Waals surface area contributed by atoms with E-state index in [0.29, 0.717) is 18.5 Å². The lowest BCUT2D eigenvalue weighted by Crippen LogP contribution is -2.26. The van der Waals surface area contributed by atoms with Crippen LogP contribution in [0.3, 0.4) is 0 Å². The summed E-state index contributed by atoms with van der Waals surface area (Å²) >= 11 is 1.48. The van der Waals surface area contributed by atoms with Crippen molar-refractivity contribution in [2.24, 2.45) is 0 Å². The summed E-state index contributed by atoms with van der Waals surface area (Å²) in [5.74, 6) is 0. The zero-order valence-corrected chi connectivity index (χ0v) is 12.7. The second kappa shape index (κ2) is 6.45. The van der Waals surface area contributed by atoms with Gasteiger partial charge in [0.05, 0.1) is 22.7 Å². The fourth-order valence-corrected chi connectivity index (χ4v) is 3.42. The summed E-state index contributed by atoms with van der Waals surface area (Å²) in [7, 11) is -3.55. The Kier molecular flexibility index (Phi) is 4.87. The van der Waals surface area contributed by atoms with Gasteiger partial charge in [0.25, 0.3) is 0 Å². The Hall–Kier alpha value is -1.28. The predicted molar refractivity (Wildman–Crippen MR) is 78.1 cm³/mol. The van der Waals surface area contributed by atoms with Crippen LogP contribution in [0.5, 0.6) is 0 Å². The van der Waals surface area contributed by atoms with Gasteiger partial charge in [0, 0.05) is 18.3 Å². The van der Waals surface area contributed by atoms with Crippen LogP contribution in [-0.2, 0) is 23.1 Å². The van der Waals surface area contributed by atoms with Crippen LogP contribution in [0.1, 0.15) is 16.8 Å². The SMILES string of the molecule is Cc1ccc(S(=O)(=O)NCCc2cscn2)cc1CO. The zero-order valence-electron chi connectivity index (χ0n) is 11.0. The normalized spacial score (nSPS) is 11.7. The van der Waals surface area contributed by atoms with Crippen molar-refractivity contribution < 1.29 is 13.5 Å². The maximum Gasteiger partial charge on any atom is 0.240 e. The van der Waals surface area contributed by atoms with E-state index < -0.39 is 10.0 Å². The van der Waals surface area contributed by atoms with Crippen LogP contribution in [-0.4, -0.2) is 25.1 Å². The van der Waals surface area contributed by atoms with E-state index in [2.05, 4.69) is 9.71 Å². The van der Waals surface area contributed by atoms with Crippen molar-refractivity contribution >= 4 is 21.4 Å². The van der Waals surface area contributed by atoms with Gasteiger partial charge in [-0.15, -0.1) is 11.3 Å². The van der Waals surface area contributed by atoms with Gasteiger partial charge >= 0.3 is 0 Å². The third kappa shape index (κ3) is 3.63. The van der Waals surface area contributed by atoms with E-state index in [0.717, 1.165) is 11.3 Å². The number of aliphatic hydroxyl groups is 1.